The van der Waals surface area contributed by atoms with Crippen LogP contribution in [0.25, 0.3) is 0 Å². The molecule has 0 aromatic heterocycles. The standard InChI is InChI=1S/C38H52F2N4O6S/c1-49-36(45)17-27-6-4-9-34(27)38(25-41-37(46)50-2,30-7-5-8-31(39)18-30)29-12-14-42(15-13-29)19-26-20-44(21-26)33-10-11-35(51(3,47)48)28(16-33)22-43-23-32(40)24-43/h5,7-8,10-11,16,18,26-27,29,32,34H,4,6,9,12-15,17,19-25H2,1-3H3,(H,41,46)/t27-,34+,38+/m1/s1. The number of ether oxygens (including phenoxy) is 2. The topological polar surface area (TPSA) is 108 Å². The number of nitrogens with one attached hydrogen (secondary N) is 1. The zero-order valence-electron chi connectivity index (χ0n) is 30.0. The van der Waals surface area contributed by atoms with Crippen molar-refractivity contribution in [3.05, 3.63) is 59.4 Å². The minimum Gasteiger partial charge on any atom is -0.469 e. The number of halogens is 2. The lowest BCUT2D eigenvalue weighted by molar-refractivity contribution is -0.142. The van der Waals surface area contributed by atoms with Crippen LogP contribution in [0.3, 0.4) is 0 Å². The molecule has 280 valence electrons. The molecule has 4 fully saturated rings. The quantitative estimate of drug-likeness (QED) is 0.291. The van der Waals surface area contributed by atoms with E-state index in [1.165, 1.54) is 26.5 Å². The summed E-state index contributed by atoms with van der Waals surface area (Å²) in [4.78, 5) is 32.1. The first-order chi connectivity index (χ1) is 24.4. The molecule has 1 aliphatic carbocycles. The van der Waals surface area contributed by atoms with Gasteiger partial charge in [0, 0.05) is 75.5 Å². The van der Waals surface area contributed by atoms with Gasteiger partial charge in [0.25, 0.3) is 0 Å². The van der Waals surface area contributed by atoms with Crippen molar-refractivity contribution < 1.29 is 36.3 Å². The predicted octanol–water partition coefficient (Wildman–Crippen LogP) is 4.80. The number of carbonyl (C=O) groups excluding carboxylic acids is 2. The number of alkyl halides is 1. The fourth-order valence-corrected chi connectivity index (χ4v) is 10.4. The van der Waals surface area contributed by atoms with E-state index in [0.717, 1.165) is 76.1 Å². The van der Waals surface area contributed by atoms with Crippen LogP contribution in [0.2, 0.25) is 0 Å². The summed E-state index contributed by atoms with van der Waals surface area (Å²) in [6.07, 6.45) is 4.56. The Hall–Kier alpha value is -3.29. The highest BCUT2D eigenvalue weighted by Crippen LogP contribution is 2.53. The van der Waals surface area contributed by atoms with Crippen molar-refractivity contribution in [3.8, 4) is 0 Å². The average molecular weight is 731 g/mol. The van der Waals surface area contributed by atoms with Crippen LogP contribution in [0.4, 0.5) is 19.3 Å². The Morgan fingerprint density at radius 1 is 0.961 bits per heavy atom. The second-order valence-corrected chi connectivity index (χ2v) is 17.2. The molecular weight excluding hydrogens is 679 g/mol. The molecule has 51 heavy (non-hydrogen) atoms. The molecule has 2 aromatic carbocycles. The first-order valence-corrected chi connectivity index (χ1v) is 20.1. The van der Waals surface area contributed by atoms with Crippen molar-refractivity contribution in [1.29, 1.82) is 0 Å². The number of hydrogen-bond donors (Lipinski definition) is 1. The molecule has 1 amide bonds. The molecule has 1 saturated carbocycles. The normalized spacial score (nSPS) is 23.7. The van der Waals surface area contributed by atoms with Crippen molar-refractivity contribution in [2.45, 2.75) is 61.6 Å². The van der Waals surface area contributed by atoms with Gasteiger partial charge in [-0.1, -0.05) is 18.6 Å². The largest absolute Gasteiger partial charge is 0.469 e. The van der Waals surface area contributed by atoms with Crippen molar-refractivity contribution in [2.75, 3.05) is 77.7 Å². The lowest BCUT2D eigenvalue weighted by atomic mass is 9.57. The minimum atomic E-state index is -3.41. The molecule has 3 heterocycles. The van der Waals surface area contributed by atoms with E-state index in [9.17, 15) is 26.8 Å². The third kappa shape index (κ3) is 8.36. The van der Waals surface area contributed by atoms with Crippen LogP contribution in [-0.2, 0) is 36.1 Å². The van der Waals surface area contributed by atoms with Gasteiger partial charge in [-0.05, 0) is 98.0 Å². The van der Waals surface area contributed by atoms with Crippen LogP contribution < -0.4 is 10.2 Å². The number of likely N-dealkylation sites (tertiary alicyclic amines) is 2. The molecule has 0 spiro atoms. The van der Waals surface area contributed by atoms with E-state index in [-0.39, 0.29) is 29.5 Å². The third-order valence-corrected chi connectivity index (χ3v) is 13.2. The van der Waals surface area contributed by atoms with Crippen LogP contribution >= 0.6 is 0 Å². The number of rotatable bonds is 13. The summed E-state index contributed by atoms with van der Waals surface area (Å²) in [7, 11) is -0.660. The second-order valence-electron chi connectivity index (χ2n) is 15.2. The molecule has 3 saturated heterocycles. The van der Waals surface area contributed by atoms with Crippen LogP contribution in [0.5, 0.6) is 0 Å². The average Bonchev–Trinajstić information content (AvgIpc) is 3.53. The third-order valence-electron chi connectivity index (χ3n) is 12.0. The van der Waals surface area contributed by atoms with Crippen molar-refractivity contribution in [2.24, 2.45) is 23.7 Å². The molecule has 13 heteroatoms. The van der Waals surface area contributed by atoms with Gasteiger partial charge >= 0.3 is 12.1 Å². The van der Waals surface area contributed by atoms with Gasteiger partial charge in [0.05, 0.1) is 19.1 Å². The molecule has 3 atom stereocenters. The van der Waals surface area contributed by atoms with Gasteiger partial charge in [-0.15, -0.1) is 0 Å². The summed E-state index contributed by atoms with van der Waals surface area (Å²) < 4.78 is 63.4. The number of piperidine rings is 1. The highest BCUT2D eigenvalue weighted by molar-refractivity contribution is 7.90. The molecule has 0 radical (unpaired) electrons. The maximum absolute atomic E-state index is 14.9. The number of amides is 1. The lowest BCUT2D eigenvalue weighted by Gasteiger charge is -2.51. The van der Waals surface area contributed by atoms with E-state index < -0.39 is 27.5 Å². The SMILES string of the molecule is COC(=O)C[C@H]1CCC[C@@H]1[C@](CNC(=O)OC)(c1cccc(F)c1)C1CCN(CC2CN(c3ccc(S(C)(=O)=O)c(CN4CC(F)C4)c3)C2)CC1. The van der Waals surface area contributed by atoms with E-state index >= 15 is 0 Å². The van der Waals surface area contributed by atoms with Gasteiger partial charge in [-0.2, -0.15) is 0 Å². The molecule has 0 unspecified atom stereocenters. The summed E-state index contributed by atoms with van der Waals surface area (Å²) in [5.41, 5.74) is 1.96. The maximum atomic E-state index is 14.9. The maximum Gasteiger partial charge on any atom is 0.406 e. The smallest absolute Gasteiger partial charge is 0.406 e. The van der Waals surface area contributed by atoms with Crippen LogP contribution in [0, 0.1) is 29.5 Å². The van der Waals surface area contributed by atoms with E-state index in [1.54, 1.807) is 18.2 Å². The molecule has 4 aliphatic rings. The highest BCUT2D eigenvalue weighted by Gasteiger charge is 2.52. The van der Waals surface area contributed by atoms with Crippen molar-refractivity contribution in [3.63, 3.8) is 0 Å². The molecule has 0 bridgehead atoms. The second kappa shape index (κ2) is 15.8. The van der Waals surface area contributed by atoms with Gasteiger partial charge < -0.3 is 24.6 Å². The summed E-state index contributed by atoms with van der Waals surface area (Å²) >= 11 is 0. The van der Waals surface area contributed by atoms with E-state index in [4.69, 9.17) is 9.47 Å². The number of methoxy groups -OCH3 is 2. The lowest BCUT2D eigenvalue weighted by Crippen LogP contribution is -2.56. The number of alkyl carbamates (subject to hydrolysis) is 1. The van der Waals surface area contributed by atoms with Crippen molar-refractivity contribution in [1.82, 2.24) is 15.1 Å². The van der Waals surface area contributed by atoms with E-state index in [2.05, 4.69) is 15.1 Å². The van der Waals surface area contributed by atoms with Gasteiger partial charge in [0.15, 0.2) is 9.84 Å². The zero-order chi connectivity index (χ0) is 36.3. The number of benzene rings is 2. The Bertz CT molecular complexity index is 1660. The Morgan fingerprint density at radius 3 is 2.35 bits per heavy atom. The number of nitrogens with zero attached hydrogens (tertiary/aromatic N) is 3. The van der Waals surface area contributed by atoms with Crippen LogP contribution in [0.15, 0.2) is 47.4 Å². The number of sulfone groups is 1. The van der Waals surface area contributed by atoms with Gasteiger partial charge in [0.1, 0.15) is 12.0 Å². The predicted molar refractivity (Wildman–Crippen MR) is 191 cm³/mol. The fourth-order valence-electron chi connectivity index (χ4n) is 9.47. The Kier molecular flexibility index (Phi) is 11.6. The molecule has 1 N–H and O–H groups in total. The summed E-state index contributed by atoms with van der Waals surface area (Å²) in [5.74, 6) is 0.120. The highest BCUT2D eigenvalue weighted by atomic mass is 32.2. The van der Waals surface area contributed by atoms with Gasteiger partial charge in [-0.25, -0.2) is 22.0 Å². The molecule has 6 rings (SSSR count). The van der Waals surface area contributed by atoms with Crippen LogP contribution in [0.1, 0.15) is 49.7 Å². The molecule has 3 aliphatic heterocycles. The molecule has 2 aromatic rings. The monoisotopic (exact) mass is 730 g/mol. The number of esters is 1. The molecule has 10 nitrogen and oxygen atoms in total. The summed E-state index contributed by atoms with van der Waals surface area (Å²) in [6.45, 7) is 5.76. The van der Waals surface area contributed by atoms with Gasteiger partial charge in [0.2, 0.25) is 0 Å². The number of hydrogen-bond acceptors (Lipinski definition) is 9. The van der Waals surface area contributed by atoms with Crippen molar-refractivity contribution >= 4 is 27.6 Å². The van der Waals surface area contributed by atoms with E-state index in [0.29, 0.717) is 49.0 Å². The fraction of sp³-hybridized carbons (Fsp3) is 0.632. The summed E-state index contributed by atoms with van der Waals surface area (Å²) in [6, 6.07) is 12.3. The number of anilines is 1. The zero-order valence-corrected chi connectivity index (χ0v) is 30.8. The van der Waals surface area contributed by atoms with Crippen LogP contribution in [-0.4, -0.2) is 109 Å². The van der Waals surface area contributed by atoms with E-state index in [1.807, 2.05) is 23.1 Å². The Balaban J connectivity index is 1.14. The first-order valence-electron chi connectivity index (χ1n) is 18.2. The minimum absolute atomic E-state index is 0.0470. The summed E-state index contributed by atoms with van der Waals surface area (Å²) in [5, 5.41) is 3.00. The number of carbonyl (C=O) groups is 2. The Morgan fingerprint density at radius 2 is 1.71 bits per heavy atom. The molecular formula is C38H52F2N4O6S. The Labute approximate surface area is 300 Å². The first kappa shape index (κ1) is 37.5. The van der Waals surface area contributed by atoms with Gasteiger partial charge in [-0.3, -0.25) is 9.69 Å².